The van der Waals surface area contributed by atoms with Crippen LogP contribution in [0.1, 0.15) is 24.9 Å². The summed E-state index contributed by atoms with van der Waals surface area (Å²) in [5.41, 5.74) is 7.34. The van der Waals surface area contributed by atoms with Crippen molar-refractivity contribution in [3.05, 3.63) is 48.0 Å². The number of carbonyl (C=O) groups excluding carboxylic acids is 2. The molecule has 31 heavy (non-hydrogen) atoms. The number of carbonyl (C=O) groups is 2. The lowest BCUT2D eigenvalue weighted by Crippen LogP contribution is -2.50. The summed E-state index contributed by atoms with van der Waals surface area (Å²) in [4.78, 5) is 31.6. The van der Waals surface area contributed by atoms with Crippen LogP contribution < -0.4 is 11.1 Å². The molecule has 0 bridgehead atoms. The van der Waals surface area contributed by atoms with Crippen LogP contribution in [0, 0.1) is 11.7 Å². The zero-order valence-corrected chi connectivity index (χ0v) is 17.1. The summed E-state index contributed by atoms with van der Waals surface area (Å²) in [6.45, 7) is 2.29. The highest BCUT2D eigenvalue weighted by atomic mass is 19.1. The van der Waals surface area contributed by atoms with Crippen molar-refractivity contribution in [3.63, 3.8) is 0 Å². The number of nitrogens with one attached hydrogen (secondary N) is 2. The van der Waals surface area contributed by atoms with Gasteiger partial charge in [0.25, 0.3) is 0 Å². The number of halogens is 1. The summed E-state index contributed by atoms with van der Waals surface area (Å²) in [7, 11) is 1.62. The van der Waals surface area contributed by atoms with Gasteiger partial charge in [-0.3, -0.25) is 14.7 Å². The average molecular weight is 426 g/mol. The molecule has 1 saturated heterocycles. The van der Waals surface area contributed by atoms with Crippen LogP contribution in [0.15, 0.2) is 36.7 Å². The molecule has 1 fully saturated rings. The molecule has 0 saturated carbocycles. The molecule has 3 atom stereocenters. The van der Waals surface area contributed by atoms with Gasteiger partial charge in [-0.05, 0) is 24.1 Å². The normalized spacial score (nSPS) is 21.3. The summed E-state index contributed by atoms with van der Waals surface area (Å²) in [6.07, 6.45) is 3.28. The Morgan fingerprint density at radius 1 is 1.29 bits per heavy atom. The Kier molecular flexibility index (Phi) is 5.55. The maximum atomic E-state index is 13.4. The number of ether oxygens (including phenoxy) is 1. The van der Waals surface area contributed by atoms with E-state index in [9.17, 15) is 14.0 Å². The van der Waals surface area contributed by atoms with Crippen molar-refractivity contribution >= 4 is 34.2 Å². The lowest BCUT2D eigenvalue weighted by molar-refractivity contribution is -0.149. The molecular formula is C21H23FN6O3. The van der Waals surface area contributed by atoms with E-state index >= 15 is 0 Å². The number of H-pyrrole nitrogens is 1. The van der Waals surface area contributed by atoms with Crippen LogP contribution in [-0.2, 0) is 14.3 Å². The van der Waals surface area contributed by atoms with Crippen molar-refractivity contribution in [1.29, 1.82) is 0 Å². The van der Waals surface area contributed by atoms with E-state index in [1.54, 1.807) is 19.2 Å². The molecule has 0 unspecified atom stereocenters. The van der Waals surface area contributed by atoms with Crippen LogP contribution in [0.2, 0.25) is 0 Å². The summed E-state index contributed by atoms with van der Waals surface area (Å²) < 4.78 is 19.0. The van der Waals surface area contributed by atoms with Crippen LogP contribution in [0.5, 0.6) is 0 Å². The van der Waals surface area contributed by atoms with Crippen LogP contribution in [0.3, 0.4) is 0 Å². The number of likely N-dealkylation sites (tertiary alicyclic amines) is 1. The number of amides is 2. The number of nitrogen functional groups attached to an aromatic ring is 1. The number of pyridine rings is 1. The first-order valence-electron chi connectivity index (χ1n) is 9.86. The number of piperidine rings is 1. The second-order valence-electron chi connectivity index (χ2n) is 7.68. The quantitative estimate of drug-likeness (QED) is 0.552. The van der Waals surface area contributed by atoms with E-state index in [0.717, 1.165) is 5.56 Å². The Hall–Kier alpha value is -3.53. The number of hydrogen-bond acceptors (Lipinski definition) is 6. The predicted octanol–water partition coefficient (Wildman–Crippen LogP) is 2.24. The van der Waals surface area contributed by atoms with Gasteiger partial charge in [-0.2, -0.15) is 5.10 Å². The van der Waals surface area contributed by atoms with E-state index in [4.69, 9.17) is 10.5 Å². The molecule has 0 radical (unpaired) electrons. The van der Waals surface area contributed by atoms with Crippen LogP contribution >= 0.6 is 0 Å². The topological polar surface area (TPSA) is 126 Å². The molecule has 1 aliphatic rings. The number of hydrogen-bond donors (Lipinski definition) is 3. The molecule has 9 nitrogen and oxygen atoms in total. The Morgan fingerprint density at radius 2 is 2.03 bits per heavy atom. The number of nitrogens with two attached hydrogens (primary N) is 1. The lowest BCUT2D eigenvalue weighted by Gasteiger charge is -2.42. The first-order chi connectivity index (χ1) is 14.9. The van der Waals surface area contributed by atoms with Crippen molar-refractivity contribution in [3.8, 4) is 0 Å². The molecule has 4 rings (SSSR count). The average Bonchev–Trinajstić information content (AvgIpc) is 3.27. The zero-order chi connectivity index (χ0) is 22.1. The molecule has 10 heteroatoms. The van der Waals surface area contributed by atoms with Crippen LogP contribution in [0.25, 0.3) is 10.9 Å². The molecule has 3 heterocycles. The van der Waals surface area contributed by atoms with Gasteiger partial charge in [0.1, 0.15) is 11.6 Å². The number of aromatic amines is 1. The van der Waals surface area contributed by atoms with Gasteiger partial charge in [0.05, 0.1) is 41.1 Å². The van der Waals surface area contributed by atoms with Crippen molar-refractivity contribution in [2.75, 3.05) is 24.7 Å². The molecule has 4 N–H and O–H groups in total. The number of benzene rings is 1. The highest BCUT2D eigenvalue weighted by Crippen LogP contribution is 2.35. The van der Waals surface area contributed by atoms with Gasteiger partial charge in [-0.1, -0.05) is 19.1 Å². The fraction of sp³-hybridized carbons (Fsp3) is 0.333. The van der Waals surface area contributed by atoms with Crippen molar-refractivity contribution in [2.45, 2.75) is 25.5 Å². The number of rotatable bonds is 3. The minimum Gasteiger partial charge on any atom is -0.383 e. The monoisotopic (exact) mass is 426 g/mol. The first-order valence-corrected chi connectivity index (χ1v) is 9.86. The van der Waals surface area contributed by atoms with Gasteiger partial charge < -0.3 is 20.7 Å². The Morgan fingerprint density at radius 3 is 2.74 bits per heavy atom. The molecular weight excluding hydrogens is 403 g/mol. The minimum atomic E-state index is -0.808. The third-order valence-corrected chi connectivity index (χ3v) is 5.73. The Labute approximate surface area is 177 Å². The molecule has 2 amide bonds. The summed E-state index contributed by atoms with van der Waals surface area (Å²) in [6, 6.07) is 5.51. The number of fused-ring (bicyclic) bond motifs is 1. The smallest absolute Gasteiger partial charge is 0.314 e. The first kappa shape index (κ1) is 20.7. The lowest BCUT2D eigenvalue weighted by atomic mass is 9.87. The van der Waals surface area contributed by atoms with E-state index in [0.29, 0.717) is 29.6 Å². The highest BCUT2D eigenvalue weighted by molar-refractivity contribution is 6.40. The number of aromatic nitrogens is 3. The zero-order valence-electron chi connectivity index (χ0n) is 17.1. The van der Waals surface area contributed by atoms with Gasteiger partial charge in [0.15, 0.2) is 0 Å². The molecule has 162 valence electrons. The Bertz CT molecular complexity index is 1120. The van der Waals surface area contributed by atoms with Gasteiger partial charge in [-0.25, -0.2) is 9.37 Å². The Balaban J connectivity index is 1.60. The minimum absolute atomic E-state index is 0.0240. The molecule has 1 aromatic carbocycles. The van der Waals surface area contributed by atoms with Gasteiger partial charge in [0, 0.05) is 19.6 Å². The SMILES string of the molecule is CO[C@@H]1C[C@@H](c2ccc(F)cc2)N(C(=O)C(=O)Nc2cnc(N)c3cn[nH]c23)C[C@@H]1C. The second kappa shape index (κ2) is 8.31. The van der Waals surface area contributed by atoms with E-state index < -0.39 is 17.9 Å². The summed E-state index contributed by atoms with van der Waals surface area (Å²) in [5.74, 6) is -1.58. The third-order valence-electron chi connectivity index (χ3n) is 5.73. The van der Waals surface area contributed by atoms with Crippen LogP contribution in [0.4, 0.5) is 15.9 Å². The molecule has 3 aromatic rings. The van der Waals surface area contributed by atoms with E-state index in [-0.39, 0.29) is 23.7 Å². The maximum Gasteiger partial charge on any atom is 0.314 e. The van der Waals surface area contributed by atoms with Crippen molar-refractivity contribution in [2.24, 2.45) is 5.92 Å². The molecule has 0 spiro atoms. The van der Waals surface area contributed by atoms with Gasteiger partial charge >= 0.3 is 11.8 Å². The standard InChI is InChI=1S/C21H23FN6O3/c1-11-10-28(16(7-17(11)31-2)12-3-5-13(22)6-4-12)21(30)20(29)26-15-9-24-19(23)14-8-25-27-18(14)15/h3-6,8-9,11,16-17H,7,10H2,1-2H3,(H2,23,24)(H,25,27)(H,26,29)/t11-,16-,17+/m0/s1. The number of nitrogens with zero attached hydrogens (tertiary/aromatic N) is 3. The van der Waals surface area contributed by atoms with E-state index in [2.05, 4.69) is 20.5 Å². The van der Waals surface area contributed by atoms with Crippen molar-refractivity contribution in [1.82, 2.24) is 20.1 Å². The fourth-order valence-electron chi connectivity index (χ4n) is 4.04. The van der Waals surface area contributed by atoms with E-state index in [1.165, 1.54) is 29.4 Å². The molecule has 2 aromatic heterocycles. The highest BCUT2D eigenvalue weighted by Gasteiger charge is 2.39. The van der Waals surface area contributed by atoms with Gasteiger partial charge in [-0.15, -0.1) is 0 Å². The number of methoxy groups -OCH3 is 1. The summed E-state index contributed by atoms with van der Waals surface area (Å²) >= 11 is 0. The predicted molar refractivity (Wildman–Crippen MR) is 112 cm³/mol. The third kappa shape index (κ3) is 3.93. The fourth-order valence-corrected chi connectivity index (χ4v) is 4.04. The largest absolute Gasteiger partial charge is 0.383 e. The summed E-state index contributed by atoms with van der Waals surface area (Å²) in [5, 5.41) is 9.82. The van der Waals surface area contributed by atoms with Crippen LogP contribution in [-0.4, -0.2) is 51.7 Å². The molecule has 0 aliphatic carbocycles. The second-order valence-corrected chi connectivity index (χ2v) is 7.68. The maximum absolute atomic E-state index is 13.4. The van der Waals surface area contributed by atoms with Crippen molar-refractivity contribution < 1.29 is 18.7 Å². The van der Waals surface area contributed by atoms with E-state index in [1.807, 2.05) is 6.92 Å². The number of anilines is 2. The molecule has 1 aliphatic heterocycles. The van der Waals surface area contributed by atoms with Gasteiger partial charge in [0.2, 0.25) is 0 Å².